The monoisotopic (exact) mass is 263 g/mol. The fraction of sp³-hybridized carbons (Fsp3) is 1.00. The van der Waals surface area contributed by atoms with E-state index < -0.39 is 8.80 Å². The highest BCUT2D eigenvalue weighted by Crippen LogP contribution is 2.33. The molecule has 0 aromatic rings. The molecule has 4 nitrogen and oxygen atoms in total. The summed E-state index contributed by atoms with van der Waals surface area (Å²) >= 11 is 0. The molecular formula is C12H29NO3Si. The number of nitrogens with two attached hydrogens (primary N) is 1. The van der Waals surface area contributed by atoms with E-state index in [9.17, 15) is 0 Å². The molecular weight excluding hydrogens is 234 g/mol. The standard InChI is InChI=1S/C12H29NO3Si/c1-5-12(10-9-11-13)17(14-6-2,15-7-3)16-8-4/h12H,5-11,13H2,1-4H3. The first-order valence-corrected chi connectivity index (χ1v) is 8.62. The lowest BCUT2D eigenvalue weighted by atomic mass is 10.2. The Labute approximate surface area is 107 Å². The van der Waals surface area contributed by atoms with E-state index in [1.807, 2.05) is 20.8 Å². The first-order chi connectivity index (χ1) is 8.20. The normalized spacial score (nSPS) is 13.9. The van der Waals surface area contributed by atoms with Crippen LogP contribution in [0.25, 0.3) is 0 Å². The minimum atomic E-state index is -2.52. The average molecular weight is 263 g/mol. The van der Waals surface area contributed by atoms with Gasteiger partial charge in [-0.1, -0.05) is 6.92 Å². The molecule has 0 fully saturated rings. The zero-order chi connectivity index (χ0) is 13.1. The van der Waals surface area contributed by atoms with Crippen LogP contribution in [0.4, 0.5) is 0 Å². The Morgan fingerprint density at radius 1 is 0.941 bits per heavy atom. The van der Waals surface area contributed by atoms with Gasteiger partial charge in [-0.25, -0.2) is 0 Å². The molecule has 1 unspecified atom stereocenters. The topological polar surface area (TPSA) is 53.7 Å². The van der Waals surface area contributed by atoms with Gasteiger partial charge in [-0.15, -0.1) is 0 Å². The van der Waals surface area contributed by atoms with Gasteiger partial charge in [0.05, 0.1) is 0 Å². The zero-order valence-corrected chi connectivity index (χ0v) is 12.8. The minimum Gasteiger partial charge on any atom is -0.374 e. The van der Waals surface area contributed by atoms with Crippen molar-refractivity contribution in [2.24, 2.45) is 5.73 Å². The lowest BCUT2D eigenvalue weighted by Gasteiger charge is -2.34. The Morgan fingerprint density at radius 2 is 1.41 bits per heavy atom. The van der Waals surface area contributed by atoms with Crippen LogP contribution < -0.4 is 5.73 Å². The highest BCUT2D eigenvalue weighted by molar-refractivity contribution is 6.62. The fourth-order valence-corrected chi connectivity index (χ4v) is 5.30. The third-order valence-electron chi connectivity index (χ3n) is 2.79. The van der Waals surface area contributed by atoms with Crippen molar-refractivity contribution in [1.29, 1.82) is 0 Å². The number of hydrogen-bond donors (Lipinski definition) is 1. The van der Waals surface area contributed by atoms with Crippen molar-refractivity contribution in [2.45, 2.75) is 52.5 Å². The first-order valence-electron chi connectivity index (χ1n) is 6.82. The molecule has 17 heavy (non-hydrogen) atoms. The van der Waals surface area contributed by atoms with Crippen molar-refractivity contribution in [1.82, 2.24) is 0 Å². The number of hydrogen-bond acceptors (Lipinski definition) is 4. The first kappa shape index (κ1) is 17.1. The quantitative estimate of drug-likeness (QED) is 0.582. The lowest BCUT2D eigenvalue weighted by Crippen LogP contribution is -2.50. The van der Waals surface area contributed by atoms with Crippen LogP contribution >= 0.6 is 0 Å². The molecule has 104 valence electrons. The van der Waals surface area contributed by atoms with E-state index in [1.54, 1.807) is 0 Å². The maximum atomic E-state index is 5.91. The van der Waals surface area contributed by atoms with Crippen molar-refractivity contribution in [3.8, 4) is 0 Å². The summed E-state index contributed by atoms with van der Waals surface area (Å²) in [5, 5.41) is 0. The van der Waals surface area contributed by atoms with E-state index in [1.165, 1.54) is 0 Å². The summed E-state index contributed by atoms with van der Waals surface area (Å²) in [4.78, 5) is 0. The van der Waals surface area contributed by atoms with Crippen LogP contribution in [0.3, 0.4) is 0 Å². The summed E-state index contributed by atoms with van der Waals surface area (Å²) in [7, 11) is -2.52. The van der Waals surface area contributed by atoms with Gasteiger partial charge < -0.3 is 19.0 Å². The molecule has 0 bridgehead atoms. The van der Waals surface area contributed by atoms with Gasteiger partial charge in [0.2, 0.25) is 0 Å². The molecule has 0 radical (unpaired) electrons. The molecule has 0 saturated heterocycles. The van der Waals surface area contributed by atoms with Crippen molar-refractivity contribution in [3.05, 3.63) is 0 Å². The minimum absolute atomic E-state index is 0.367. The second-order valence-corrected chi connectivity index (χ2v) is 6.83. The highest BCUT2D eigenvalue weighted by atomic mass is 28.4. The van der Waals surface area contributed by atoms with Crippen LogP contribution in [-0.4, -0.2) is 35.2 Å². The molecule has 2 N–H and O–H groups in total. The average Bonchev–Trinajstić information content (AvgIpc) is 2.31. The SMILES string of the molecule is CCO[Si](OCC)(OCC)C(CC)CCCN. The summed E-state index contributed by atoms with van der Waals surface area (Å²) < 4.78 is 17.7. The lowest BCUT2D eigenvalue weighted by molar-refractivity contribution is 0.0590. The van der Waals surface area contributed by atoms with Crippen LogP contribution in [0.2, 0.25) is 5.54 Å². The maximum Gasteiger partial charge on any atom is 0.504 e. The van der Waals surface area contributed by atoms with Crippen molar-refractivity contribution in [2.75, 3.05) is 26.4 Å². The smallest absolute Gasteiger partial charge is 0.374 e. The molecule has 0 aliphatic carbocycles. The fourth-order valence-electron chi connectivity index (χ4n) is 2.08. The maximum absolute atomic E-state index is 5.91. The molecule has 0 amide bonds. The summed E-state index contributed by atoms with van der Waals surface area (Å²) in [5.41, 5.74) is 5.96. The summed E-state index contributed by atoms with van der Waals surface area (Å²) in [6, 6.07) is 0. The number of rotatable bonds is 11. The van der Waals surface area contributed by atoms with Crippen molar-refractivity contribution in [3.63, 3.8) is 0 Å². The van der Waals surface area contributed by atoms with E-state index in [-0.39, 0.29) is 0 Å². The predicted octanol–water partition coefficient (Wildman–Crippen LogP) is 2.55. The zero-order valence-electron chi connectivity index (χ0n) is 11.8. The Hall–Kier alpha value is 0.0569. The summed E-state index contributed by atoms with van der Waals surface area (Å²) in [6.45, 7) is 10.8. The van der Waals surface area contributed by atoms with E-state index in [0.29, 0.717) is 31.9 Å². The Morgan fingerprint density at radius 3 is 1.71 bits per heavy atom. The van der Waals surface area contributed by atoms with E-state index in [2.05, 4.69) is 6.92 Å². The van der Waals surface area contributed by atoms with Gasteiger partial charge in [-0.2, -0.15) is 0 Å². The molecule has 0 aliphatic heterocycles. The molecule has 5 heteroatoms. The van der Waals surface area contributed by atoms with Gasteiger partial charge in [-0.3, -0.25) is 0 Å². The Kier molecular flexibility index (Phi) is 10.1. The van der Waals surface area contributed by atoms with Crippen LogP contribution in [0.15, 0.2) is 0 Å². The van der Waals surface area contributed by atoms with Gasteiger partial charge in [0.1, 0.15) is 0 Å². The molecule has 1 atom stereocenters. The molecule has 0 aromatic heterocycles. The third kappa shape index (κ3) is 5.48. The van der Waals surface area contributed by atoms with Crippen LogP contribution in [-0.2, 0) is 13.3 Å². The van der Waals surface area contributed by atoms with E-state index in [4.69, 9.17) is 19.0 Å². The van der Waals surface area contributed by atoms with Gasteiger partial charge in [-0.05, 0) is 46.6 Å². The van der Waals surface area contributed by atoms with Crippen LogP contribution in [0.1, 0.15) is 47.0 Å². The molecule has 0 saturated carbocycles. The molecule has 0 aromatic carbocycles. The van der Waals surface area contributed by atoms with Gasteiger partial charge >= 0.3 is 8.80 Å². The van der Waals surface area contributed by atoms with Gasteiger partial charge in [0, 0.05) is 25.4 Å². The second-order valence-electron chi connectivity index (χ2n) is 3.94. The summed E-state index contributed by atoms with van der Waals surface area (Å²) in [6.07, 6.45) is 3.05. The third-order valence-corrected chi connectivity index (χ3v) is 6.56. The molecule has 0 rings (SSSR count). The van der Waals surface area contributed by atoms with Crippen LogP contribution in [0.5, 0.6) is 0 Å². The van der Waals surface area contributed by atoms with E-state index >= 15 is 0 Å². The molecule has 0 heterocycles. The van der Waals surface area contributed by atoms with Crippen molar-refractivity contribution < 1.29 is 13.3 Å². The Bertz CT molecular complexity index is 164. The molecule has 0 spiro atoms. The van der Waals surface area contributed by atoms with E-state index in [0.717, 1.165) is 19.3 Å². The van der Waals surface area contributed by atoms with Crippen molar-refractivity contribution >= 4 is 8.80 Å². The second kappa shape index (κ2) is 10.0. The Balaban J connectivity index is 4.76. The highest BCUT2D eigenvalue weighted by Gasteiger charge is 2.47. The van der Waals surface area contributed by atoms with Crippen LogP contribution in [0, 0.1) is 0 Å². The molecule has 0 aliphatic rings. The summed E-state index contributed by atoms with van der Waals surface area (Å²) in [5.74, 6) is 0. The van der Waals surface area contributed by atoms with Gasteiger partial charge in [0.25, 0.3) is 0 Å². The van der Waals surface area contributed by atoms with Gasteiger partial charge in [0.15, 0.2) is 0 Å². The predicted molar refractivity (Wildman–Crippen MR) is 73.0 cm³/mol. The largest absolute Gasteiger partial charge is 0.504 e.